The molecule has 3 rings (SSSR count). The lowest BCUT2D eigenvalue weighted by Crippen LogP contribution is -2.63. The van der Waals surface area contributed by atoms with Gasteiger partial charge in [0.15, 0.2) is 12.6 Å². The van der Waals surface area contributed by atoms with E-state index in [9.17, 15) is 0 Å². The zero-order valence-corrected chi connectivity index (χ0v) is 14.6. The number of hydrogen-bond acceptors (Lipinski definition) is 6. The number of benzene rings is 1. The predicted molar refractivity (Wildman–Crippen MR) is 86.5 cm³/mol. The van der Waals surface area contributed by atoms with Crippen LogP contribution in [-0.4, -0.2) is 57.6 Å². The van der Waals surface area contributed by atoms with Gasteiger partial charge in [-0.1, -0.05) is 30.3 Å². The van der Waals surface area contributed by atoms with Crippen molar-refractivity contribution >= 4 is 0 Å². The highest BCUT2D eigenvalue weighted by molar-refractivity contribution is 5.16. The van der Waals surface area contributed by atoms with Crippen molar-refractivity contribution in [3.8, 4) is 0 Å². The molecular formula is C18H26O6. The molecule has 2 fully saturated rings. The van der Waals surface area contributed by atoms with Crippen molar-refractivity contribution < 1.29 is 28.4 Å². The Hall–Kier alpha value is -1.02. The van der Waals surface area contributed by atoms with E-state index in [1.807, 2.05) is 44.2 Å². The molecule has 0 amide bonds. The van der Waals surface area contributed by atoms with Crippen LogP contribution in [0, 0.1) is 0 Å². The molecule has 0 N–H and O–H groups in total. The van der Waals surface area contributed by atoms with Gasteiger partial charge in [0.25, 0.3) is 0 Å². The van der Waals surface area contributed by atoms with Gasteiger partial charge >= 0.3 is 0 Å². The van der Waals surface area contributed by atoms with Gasteiger partial charge < -0.3 is 28.4 Å². The van der Waals surface area contributed by atoms with Gasteiger partial charge in [-0.3, -0.25) is 0 Å². The van der Waals surface area contributed by atoms with E-state index < -0.39 is 12.6 Å². The molecule has 2 aliphatic rings. The first-order chi connectivity index (χ1) is 11.6. The first-order valence-corrected chi connectivity index (χ1v) is 8.32. The summed E-state index contributed by atoms with van der Waals surface area (Å²) in [5, 5.41) is 0. The van der Waals surface area contributed by atoms with Crippen LogP contribution in [0.25, 0.3) is 0 Å². The Bertz CT molecular complexity index is 507. The van der Waals surface area contributed by atoms with E-state index in [2.05, 4.69) is 0 Å². The molecule has 24 heavy (non-hydrogen) atoms. The molecule has 0 spiro atoms. The predicted octanol–water partition coefficient (Wildman–Crippen LogP) is 2.28. The van der Waals surface area contributed by atoms with Gasteiger partial charge in [-0.25, -0.2) is 0 Å². The summed E-state index contributed by atoms with van der Waals surface area (Å²) in [5.74, 6) is 0. The lowest BCUT2D eigenvalue weighted by atomic mass is 9.97. The molecule has 1 aromatic rings. The number of methoxy groups -OCH3 is 2. The molecule has 6 nitrogen and oxygen atoms in total. The third-order valence-electron chi connectivity index (χ3n) is 4.31. The highest BCUT2D eigenvalue weighted by atomic mass is 16.8. The Balaban J connectivity index is 1.77. The van der Waals surface area contributed by atoms with E-state index in [4.69, 9.17) is 28.4 Å². The van der Waals surface area contributed by atoms with E-state index in [0.29, 0.717) is 6.61 Å². The number of rotatable bonds is 5. The normalized spacial score (nSPS) is 36.5. The largest absolute Gasteiger partial charge is 0.376 e. The number of fused-ring (bicyclic) bond motifs is 1. The Labute approximate surface area is 142 Å². The average Bonchev–Trinajstić information content (AvgIpc) is 2.60. The summed E-state index contributed by atoms with van der Waals surface area (Å²) in [6.07, 6.45) is -2.14. The molecule has 0 bridgehead atoms. The fourth-order valence-electron chi connectivity index (χ4n) is 3.22. The van der Waals surface area contributed by atoms with Crippen LogP contribution in [0.15, 0.2) is 30.3 Å². The fourth-order valence-corrected chi connectivity index (χ4v) is 3.22. The third kappa shape index (κ3) is 3.64. The van der Waals surface area contributed by atoms with Crippen molar-refractivity contribution in [3.63, 3.8) is 0 Å². The van der Waals surface area contributed by atoms with Crippen molar-refractivity contribution in [1.82, 2.24) is 0 Å². The van der Waals surface area contributed by atoms with Crippen molar-refractivity contribution in [3.05, 3.63) is 35.9 Å². The van der Waals surface area contributed by atoms with Crippen LogP contribution in [0.3, 0.4) is 0 Å². The SMILES string of the molecule is CO[C@@H]1[C@H](OC)[C@@H](OC(C)C)O[C@@H]2COC(c3ccccc3)O[C@@H]12. The third-order valence-corrected chi connectivity index (χ3v) is 4.31. The second kappa shape index (κ2) is 7.91. The van der Waals surface area contributed by atoms with Crippen molar-refractivity contribution in [2.45, 2.75) is 56.9 Å². The van der Waals surface area contributed by atoms with Crippen LogP contribution >= 0.6 is 0 Å². The number of hydrogen-bond donors (Lipinski definition) is 0. The molecule has 0 radical (unpaired) electrons. The standard InChI is InChI=1S/C18H26O6/c1-11(2)22-18-16(20-4)15(19-3)14-13(23-18)10-21-17(24-14)12-8-6-5-7-9-12/h5-9,11,13-18H,10H2,1-4H3/t13-,14-,15+,16+,17?,18+/m1/s1. The van der Waals surface area contributed by atoms with Crippen molar-refractivity contribution in [2.24, 2.45) is 0 Å². The van der Waals surface area contributed by atoms with Crippen LogP contribution in [0.5, 0.6) is 0 Å². The van der Waals surface area contributed by atoms with Gasteiger partial charge in [-0.2, -0.15) is 0 Å². The van der Waals surface area contributed by atoms with Crippen LogP contribution in [0.1, 0.15) is 25.7 Å². The maximum atomic E-state index is 6.16. The highest BCUT2D eigenvalue weighted by Gasteiger charge is 2.51. The summed E-state index contributed by atoms with van der Waals surface area (Å²) < 4.78 is 35.2. The summed E-state index contributed by atoms with van der Waals surface area (Å²) >= 11 is 0. The quantitative estimate of drug-likeness (QED) is 0.821. The summed E-state index contributed by atoms with van der Waals surface area (Å²) in [6.45, 7) is 4.34. The topological polar surface area (TPSA) is 55.4 Å². The molecule has 2 heterocycles. The zero-order valence-electron chi connectivity index (χ0n) is 14.6. The Kier molecular flexibility index (Phi) is 5.86. The van der Waals surface area contributed by atoms with E-state index in [1.54, 1.807) is 14.2 Å². The molecule has 0 saturated carbocycles. The van der Waals surface area contributed by atoms with Gasteiger partial charge in [-0.05, 0) is 13.8 Å². The lowest BCUT2D eigenvalue weighted by Gasteiger charge is -2.48. The van der Waals surface area contributed by atoms with Gasteiger partial charge in [-0.15, -0.1) is 0 Å². The van der Waals surface area contributed by atoms with Crippen LogP contribution in [-0.2, 0) is 28.4 Å². The first kappa shape index (κ1) is 17.8. The molecule has 2 aliphatic heterocycles. The lowest BCUT2D eigenvalue weighted by molar-refractivity contribution is -0.369. The van der Waals surface area contributed by atoms with Crippen molar-refractivity contribution in [2.75, 3.05) is 20.8 Å². The second-order valence-corrected chi connectivity index (χ2v) is 6.31. The highest BCUT2D eigenvalue weighted by Crippen LogP contribution is 2.36. The van der Waals surface area contributed by atoms with E-state index >= 15 is 0 Å². The van der Waals surface area contributed by atoms with Crippen LogP contribution < -0.4 is 0 Å². The van der Waals surface area contributed by atoms with E-state index in [0.717, 1.165) is 5.56 Å². The molecule has 6 atom stereocenters. The minimum Gasteiger partial charge on any atom is -0.376 e. The van der Waals surface area contributed by atoms with Crippen LogP contribution in [0.2, 0.25) is 0 Å². The fraction of sp³-hybridized carbons (Fsp3) is 0.667. The molecule has 6 heteroatoms. The summed E-state index contributed by atoms with van der Waals surface area (Å²) in [5.41, 5.74) is 0.973. The Morgan fingerprint density at radius 1 is 1.00 bits per heavy atom. The minimum atomic E-state index is -0.512. The zero-order chi connectivity index (χ0) is 17.1. The average molecular weight is 338 g/mol. The molecule has 0 aromatic heterocycles. The molecule has 134 valence electrons. The maximum absolute atomic E-state index is 6.16. The van der Waals surface area contributed by atoms with Crippen molar-refractivity contribution in [1.29, 1.82) is 0 Å². The van der Waals surface area contributed by atoms with Gasteiger partial charge in [0.05, 0.1) is 12.7 Å². The van der Waals surface area contributed by atoms with E-state index in [1.165, 1.54) is 0 Å². The van der Waals surface area contributed by atoms with Gasteiger partial charge in [0.2, 0.25) is 0 Å². The molecule has 0 aliphatic carbocycles. The van der Waals surface area contributed by atoms with E-state index in [-0.39, 0.29) is 30.5 Å². The summed E-state index contributed by atoms with van der Waals surface area (Å²) in [7, 11) is 3.28. The second-order valence-electron chi connectivity index (χ2n) is 6.31. The number of ether oxygens (including phenoxy) is 6. The minimum absolute atomic E-state index is 0.0178. The first-order valence-electron chi connectivity index (χ1n) is 8.32. The maximum Gasteiger partial charge on any atom is 0.187 e. The molecule has 2 saturated heterocycles. The smallest absolute Gasteiger partial charge is 0.187 e. The summed E-state index contributed by atoms with van der Waals surface area (Å²) in [4.78, 5) is 0. The molecular weight excluding hydrogens is 312 g/mol. The molecule has 1 unspecified atom stereocenters. The summed E-state index contributed by atoms with van der Waals surface area (Å²) in [6, 6.07) is 9.85. The Morgan fingerprint density at radius 2 is 1.71 bits per heavy atom. The van der Waals surface area contributed by atoms with Crippen LogP contribution in [0.4, 0.5) is 0 Å². The van der Waals surface area contributed by atoms with Gasteiger partial charge in [0.1, 0.15) is 24.4 Å². The molecule has 1 aromatic carbocycles. The Morgan fingerprint density at radius 3 is 2.33 bits per heavy atom. The van der Waals surface area contributed by atoms with Gasteiger partial charge in [0, 0.05) is 19.8 Å². The monoisotopic (exact) mass is 338 g/mol.